The van der Waals surface area contributed by atoms with Crippen molar-refractivity contribution in [2.75, 3.05) is 27.3 Å². The summed E-state index contributed by atoms with van der Waals surface area (Å²) in [6.45, 7) is 4.83. The van der Waals surface area contributed by atoms with E-state index in [4.69, 9.17) is 19.1 Å². The van der Waals surface area contributed by atoms with E-state index in [1.807, 2.05) is 13.8 Å². The second kappa shape index (κ2) is 9.86. The molecule has 2 N–H and O–H groups in total. The normalized spacial score (nSPS) is 14.5. The van der Waals surface area contributed by atoms with Crippen LogP contribution in [0, 0.1) is 0 Å². The topological polar surface area (TPSA) is 96.3 Å². The van der Waals surface area contributed by atoms with Crippen LogP contribution in [0.15, 0.2) is 0 Å². The molecule has 0 saturated carbocycles. The molecule has 0 fully saturated rings. The molecule has 0 aliphatic carbocycles. The van der Waals surface area contributed by atoms with Crippen LogP contribution in [0.5, 0.6) is 0 Å². The number of hydrogen-bond donors (Lipinski definition) is 2. The van der Waals surface area contributed by atoms with Crippen LogP contribution >= 0.6 is 0 Å². The fraction of sp³-hybridized carbons (Fsp3) is 0.833. The summed E-state index contributed by atoms with van der Waals surface area (Å²) in [4.78, 5) is 23.6. The largest absolute Gasteiger partial charge is 0.481 e. The van der Waals surface area contributed by atoms with Crippen molar-refractivity contribution in [3.05, 3.63) is 0 Å². The van der Waals surface area contributed by atoms with Gasteiger partial charge in [-0.2, -0.15) is 0 Å². The van der Waals surface area contributed by atoms with Gasteiger partial charge in [-0.25, -0.2) is 0 Å². The van der Waals surface area contributed by atoms with Crippen LogP contribution in [0.3, 0.4) is 0 Å². The van der Waals surface area contributed by atoms with E-state index < -0.39 is 33.7 Å². The zero-order valence-corrected chi connectivity index (χ0v) is 13.7. The molecule has 7 nitrogen and oxygen atoms in total. The maximum atomic E-state index is 11.2. The van der Waals surface area contributed by atoms with Crippen molar-refractivity contribution >= 4 is 21.2 Å². The molecule has 0 aromatic heterocycles. The summed E-state index contributed by atoms with van der Waals surface area (Å²) >= 11 is 0. The van der Waals surface area contributed by atoms with Crippen molar-refractivity contribution in [1.29, 1.82) is 0 Å². The molecule has 0 aromatic rings. The van der Waals surface area contributed by atoms with E-state index >= 15 is 0 Å². The molecule has 2 atom stereocenters. The highest BCUT2D eigenvalue weighted by Crippen LogP contribution is 2.17. The molecule has 1 unspecified atom stereocenters. The highest BCUT2D eigenvalue weighted by Gasteiger charge is 2.28. The van der Waals surface area contributed by atoms with E-state index in [1.54, 1.807) is 19.1 Å². The van der Waals surface area contributed by atoms with Crippen molar-refractivity contribution in [1.82, 2.24) is 4.90 Å². The molecular formula is C12H25NO6Si. The lowest BCUT2D eigenvalue weighted by Gasteiger charge is -2.28. The van der Waals surface area contributed by atoms with Crippen LogP contribution in [-0.4, -0.2) is 69.7 Å². The number of carboxylic acid groups (broad SMARTS) is 2. The Morgan fingerprint density at radius 1 is 1.25 bits per heavy atom. The highest BCUT2D eigenvalue weighted by molar-refractivity contribution is 6.46. The third-order valence-corrected chi connectivity index (χ3v) is 5.49. The first-order valence-corrected chi connectivity index (χ1v) is 8.22. The number of nitrogens with zero attached hydrogens (tertiary/aromatic N) is 1. The minimum absolute atomic E-state index is 0.221. The first-order valence-electron chi connectivity index (χ1n) is 6.61. The van der Waals surface area contributed by atoms with Gasteiger partial charge in [0.05, 0.1) is 6.42 Å². The predicted molar refractivity (Wildman–Crippen MR) is 76.1 cm³/mol. The molecule has 0 heterocycles. The van der Waals surface area contributed by atoms with E-state index in [1.165, 1.54) is 0 Å². The molecule has 0 rings (SSSR count). The standard InChI is InChI=1S/C12H25NO6Si/c1-5-13(10(12(16)17)8-11(14)15)7-6-9(2)20(18-3)19-4/h9-10,20H,5-8H2,1-4H3,(H,14,15)(H,16,17)/t9?,10-/m0/s1. The minimum Gasteiger partial charge on any atom is -0.481 e. The molecule has 0 bridgehead atoms. The third kappa shape index (κ3) is 6.46. The van der Waals surface area contributed by atoms with Gasteiger partial charge in [-0.3, -0.25) is 14.5 Å². The van der Waals surface area contributed by atoms with Crippen LogP contribution in [0.4, 0.5) is 0 Å². The van der Waals surface area contributed by atoms with Gasteiger partial charge < -0.3 is 19.1 Å². The lowest BCUT2D eigenvalue weighted by molar-refractivity contribution is -0.149. The van der Waals surface area contributed by atoms with Gasteiger partial charge in [0.1, 0.15) is 6.04 Å². The van der Waals surface area contributed by atoms with E-state index in [0.29, 0.717) is 13.1 Å². The summed E-state index contributed by atoms with van der Waals surface area (Å²) in [6.07, 6.45) is 0.322. The number of aliphatic carboxylic acids is 2. The summed E-state index contributed by atoms with van der Waals surface area (Å²) < 4.78 is 10.6. The van der Waals surface area contributed by atoms with Gasteiger partial charge in [0.2, 0.25) is 0 Å². The monoisotopic (exact) mass is 307 g/mol. The number of rotatable bonds is 11. The molecule has 0 aliphatic heterocycles. The third-order valence-electron chi connectivity index (χ3n) is 3.30. The average Bonchev–Trinajstić information content (AvgIpc) is 2.38. The van der Waals surface area contributed by atoms with Crippen LogP contribution in [0.25, 0.3) is 0 Å². The average molecular weight is 307 g/mol. The summed E-state index contributed by atoms with van der Waals surface area (Å²) in [6, 6.07) is -0.991. The Kier molecular flexibility index (Phi) is 9.39. The first-order chi connectivity index (χ1) is 9.37. The van der Waals surface area contributed by atoms with Crippen molar-refractivity contribution in [3.8, 4) is 0 Å². The number of carbonyl (C=O) groups is 2. The maximum Gasteiger partial charge on any atom is 0.323 e. The SMILES string of the molecule is CCN(CCC(C)[SiH](OC)OC)[C@@H](CC(=O)O)C(=O)O. The molecule has 0 spiro atoms. The Morgan fingerprint density at radius 2 is 1.80 bits per heavy atom. The van der Waals surface area contributed by atoms with Gasteiger partial charge in [0.25, 0.3) is 0 Å². The number of carboxylic acids is 2. The molecule has 8 heteroatoms. The van der Waals surface area contributed by atoms with E-state index in [9.17, 15) is 9.59 Å². The second-order valence-corrected chi connectivity index (χ2v) is 7.50. The lowest BCUT2D eigenvalue weighted by atomic mass is 10.1. The van der Waals surface area contributed by atoms with E-state index in [-0.39, 0.29) is 5.54 Å². The van der Waals surface area contributed by atoms with Crippen LogP contribution < -0.4 is 0 Å². The number of likely N-dealkylation sites (N-methyl/N-ethyl adjacent to an activating group) is 1. The van der Waals surface area contributed by atoms with Gasteiger partial charge in [-0.15, -0.1) is 0 Å². The molecule has 20 heavy (non-hydrogen) atoms. The first kappa shape index (κ1) is 19.0. The van der Waals surface area contributed by atoms with Crippen molar-refractivity contribution in [2.24, 2.45) is 0 Å². The van der Waals surface area contributed by atoms with Crippen LogP contribution in [0.2, 0.25) is 5.54 Å². The van der Waals surface area contributed by atoms with Crippen LogP contribution in [-0.2, 0) is 18.4 Å². The van der Waals surface area contributed by atoms with Gasteiger partial charge in [-0.05, 0) is 25.1 Å². The maximum absolute atomic E-state index is 11.2. The Hall–Kier alpha value is -0.963. The molecule has 0 aromatic carbocycles. The molecule has 118 valence electrons. The van der Waals surface area contributed by atoms with E-state index in [0.717, 1.165) is 6.42 Å². The van der Waals surface area contributed by atoms with Crippen molar-refractivity contribution in [3.63, 3.8) is 0 Å². The molecule has 0 radical (unpaired) electrons. The Bertz CT molecular complexity index is 310. The van der Waals surface area contributed by atoms with Gasteiger partial charge >= 0.3 is 21.2 Å². The zero-order chi connectivity index (χ0) is 15.7. The summed E-state index contributed by atoms with van der Waals surface area (Å²) in [5.74, 6) is -2.21. The minimum atomic E-state index is -1.73. The lowest BCUT2D eigenvalue weighted by Crippen LogP contribution is -2.43. The Labute approximate surface area is 121 Å². The summed E-state index contributed by atoms with van der Waals surface area (Å²) in [7, 11) is 1.49. The second-order valence-electron chi connectivity index (χ2n) is 4.69. The van der Waals surface area contributed by atoms with Gasteiger partial charge in [0.15, 0.2) is 0 Å². The molecule has 0 amide bonds. The quantitative estimate of drug-likeness (QED) is 0.537. The highest BCUT2D eigenvalue weighted by atomic mass is 28.3. The van der Waals surface area contributed by atoms with E-state index in [2.05, 4.69) is 0 Å². The van der Waals surface area contributed by atoms with Gasteiger partial charge in [0, 0.05) is 14.2 Å². The predicted octanol–water partition coefficient (Wildman–Crippen LogP) is 0.530. The fourth-order valence-electron chi connectivity index (χ4n) is 2.14. The zero-order valence-electron chi connectivity index (χ0n) is 12.5. The van der Waals surface area contributed by atoms with Crippen molar-refractivity contribution < 1.29 is 28.7 Å². The summed E-state index contributed by atoms with van der Waals surface area (Å²) in [5, 5.41) is 17.9. The molecular weight excluding hydrogens is 282 g/mol. The summed E-state index contributed by atoms with van der Waals surface area (Å²) in [5.41, 5.74) is 0.221. The molecule has 0 aliphatic rings. The smallest absolute Gasteiger partial charge is 0.323 e. The molecule has 0 saturated heterocycles. The Morgan fingerprint density at radius 3 is 2.15 bits per heavy atom. The number of hydrogen-bond acceptors (Lipinski definition) is 5. The van der Waals surface area contributed by atoms with Gasteiger partial charge in [-0.1, -0.05) is 13.8 Å². The van der Waals surface area contributed by atoms with Crippen LogP contribution in [0.1, 0.15) is 26.7 Å². The Balaban J connectivity index is 4.58. The van der Waals surface area contributed by atoms with Crippen molar-refractivity contribution in [2.45, 2.75) is 38.3 Å². The fourth-order valence-corrected chi connectivity index (χ4v) is 3.68.